The molecular weight excluding hydrogens is 134 g/mol. The molecule has 0 amide bonds. The van der Waals surface area contributed by atoms with E-state index in [0.717, 1.165) is 0 Å². The third kappa shape index (κ3) is 1.68. The molecule has 0 aliphatic rings. The molecule has 0 N–H and O–H groups in total. The molecule has 2 nitrogen and oxygen atoms in total. The molecule has 0 atom stereocenters. The Kier molecular flexibility index (Phi) is 1.71. The molecule has 4 heteroatoms. The molecule has 1 aromatic rings. The van der Waals surface area contributed by atoms with Crippen molar-refractivity contribution in [1.29, 1.82) is 0 Å². The molecule has 1 rings (SSSR count). The van der Waals surface area contributed by atoms with Gasteiger partial charge in [0.2, 0.25) is 0 Å². The topological polar surface area (TPSA) is 25.8 Å². The Morgan fingerprint density at radius 1 is 1.56 bits per heavy atom. The molecule has 0 fully saturated rings. The van der Waals surface area contributed by atoms with Gasteiger partial charge in [0, 0.05) is 0 Å². The summed E-state index contributed by atoms with van der Waals surface area (Å²) in [5.74, 6) is 0.597. The second-order valence-electron chi connectivity index (χ2n) is 1.66. The van der Waals surface area contributed by atoms with Crippen molar-refractivity contribution in [3.05, 3.63) is 17.0 Å². The zero-order valence-corrected chi connectivity index (χ0v) is 5.68. The van der Waals surface area contributed by atoms with E-state index in [9.17, 15) is 0 Å². The minimum atomic E-state index is 0.389. The lowest BCUT2D eigenvalue weighted by molar-refractivity contribution is 1.08. The average molecular weight is 138 g/mol. The molecule has 0 saturated heterocycles. The van der Waals surface area contributed by atoms with Gasteiger partial charge in [0.15, 0.2) is 0 Å². The number of aromatic nitrogens is 2. The molecule has 9 heavy (non-hydrogen) atoms. The fraction of sp³-hybridized carbons (Fsp3) is 0.200. The Bertz CT molecular complexity index is 176. The molecule has 0 spiro atoms. The van der Waals surface area contributed by atoms with Crippen molar-refractivity contribution in [2.75, 3.05) is 0 Å². The van der Waals surface area contributed by atoms with Crippen molar-refractivity contribution in [2.24, 2.45) is 0 Å². The molecule has 0 unspecified atom stereocenters. The number of halogens is 1. The summed E-state index contributed by atoms with van der Waals surface area (Å²) >= 11 is 5.52. The summed E-state index contributed by atoms with van der Waals surface area (Å²) in [4.78, 5) is 7.63. The third-order valence-electron chi connectivity index (χ3n) is 0.827. The highest BCUT2D eigenvalue weighted by Crippen LogP contribution is 1.98. The smallest absolute Gasteiger partial charge is 0.141 e. The summed E-state index contributed by atoms with van der Waals surface area (Å²) < 4.78 is 0. The number of aryl methyl sites for hydroxylation is 1. The van der Waals surface area contributed by atoms with Gasteiger partial charge in [0.1, 0.15) is 18.8 Å². The highest BCUT2D eigenvalue weighted by Gasteiger charge is 1.91. The molecule has 0 bridgehead atoms. The molecule has 1 heterocycles. The van der Waals surface area contributed by atoms with E-state index in [1.54, 1.807) is 6.92 Å². The van der Waals surface area contributed by atoms with Crippen LogP contribution in [0, 0.1) is 6.92 Å². The third-order valence-corrected chi connectivity index (χ3v) is 1.02. The van der Waals surface area contributed by atoms with E-state index in [2.05, 4.69) is 9.97 Å². The zero-order valence-electron chi connectivity index (χ0n) is 4.93. The van der Waals surface area contributed by atoms with Crippen molar-refractivity contribution in [1.82, 2.24) is 9.97 Å². The Labute approximate surface area is 59.7 Å². The van der Waals surface area contributed by atoms with Crippen LogP contribution in [-0.2, 0) is 0 Å². The standard InChI is InChI=1S/C5H4BClN2/c1-3-8-4(6)2-5(7)9-3/h2H,1H3. The van der Waals surface area contributed by atoms with Gasteiger partial charge in [-0.3, -0.25) is 0 Å². The molecule has 44 valence electrons. The lowest BCUT2D eigenvalue weighted by Gasteiger charge is -1.94. The predicted molar refractivity (Wildman–Crippen MR) is 37.2 cm³/mol. The number of rotatable bonds is 0. The highest BCUT2D eigenvalue weighted by molar-refractivity contribution is 6.34. The number of hydrogen-bond donors (Lipinski definition) is 0. The maximum atomic E-state index is 5.52. The number of nitrogens with zero attached hydrogens (tertiary/aromatic N) is 2. The normalized spacial score (nSPS) is 9.56. The lowest BCUT2D eigenvalue weighted by atomic mass is 10.1. The molecule has 0 aromatic carbocycles. The van der Waals surface area contributed by atoms with Crippen LogP contribution >= 0.6 is 11.6 Å². The first-order valence-corrected chi connectivity index (χ1v) is 2.83. The van der Waals surface area contributed by atoms with E-state index in [4.69, 9.17) is 19.4 Å². The largest absolute Gasteiger partial charge is 0.250 e. The SMILES string of the molecule is [B]c1cc(Cl)nc(C)n1. The van der Waals surface area contributed by atoms with Crippen LogP contribution in [0.15, 0.2) is 6.07 Å². The van der Waals surface area contributed by atoms with E-state index >= 15 is 0 Å². The Balaban J connectivity index is 3.17. The zero-order chi connectivity index (χ0) is 6.85. The van der Waals surface area contributed by atoms with Crippen LogP contribution in [0.3, 0.4) is 0 Å². The van der Waals surface area contributed by atoms with Gasteiger partial charge in [0.05, 0.1) is 0 Å². The van der Waals surface area contributed by atoms with E-state index in [-0.39, 0.29) is 0 Å². The first kappa shape index (κ1) is 6.55. The van der Waals surface area contributed by atoms with Crippen molar-refractivity contribution in [2.45, 2.75) is 6.92 Å². The summed E-state index contributed by atoms with van der Waals surface area (Å²) in [7, 11) is 5.32. The van der Waals surface area contributed by atoms with Crippen molar-refractivity contribution >= 4 is 25.0 Å². The second kappa shape index (κ2) is 2.35. The van der Waals surface area contributed by atoms with E-state index in [1.807, 2.05) is 0 Å². The Morgan fingerprint density at radius 2 is 2.22 bits per heavy atom. The van der Waals surface area contributed by atoms with Crippen LogP contribution in [0.2, 0.25) is 5.15 Å². The van der Waals surface area contributed by atoms with Crippen LogP contribution in [0.4, 0.5) is 0 Å². The quantitative estimate of drug-likeness (QED) is 0.379. The summed E-state index contributed by atoms with van der Waals surface area (Å²) in [6.07, 6.45) is 0. The Hall–Kier alpha value is -0.565. The van der Waals surface area contributed by atoms with Crippen molar-refractivity contribution in [3.8, 4) is 0 Å². The average Bonchev–Trinajstić information content (AvgIpc) is 1.59. The van der Waals surface area contributed by atoms with E-state index in [0.29, 0.717) is 16.6 Å². The summed E-state index contributed by atoms with van der Waals surface area (Å²) in [6, 6.07) is 1.51. The molecule has 2 radical (unpaired) electrons. The minimum absolute atomic E-state index is 0.389. The van der Waals surface area contributed by atoms with Crippen molar-refractivity contribution in [3.63, 3.8) is 0 Å². The van der Waals surface area contributed by atoms with Gasteiger partial charge >= 0.3 is 0 Å². The molecule has 1 aromatic heterocycles. The molecular formula is C5H4BClN2. The maximum absolute atomic E-state index is 5.52. The van der Waals surface area contributed by atoms with Gasteiger partial charge in [0.25, 0.3) is 0 Å². The van der Waals surface area contributed by atoms with Gasteiger partial charge in [-0.25, -0.2) is 9.97 Å². The number of hydrogen-bond acceptors (Lipinski definition) is 2. The minimum Gasteiger partial charge on any atom is -0.250 e. The fourth-order valence-electron chi connectivity index (χ4n) is 0.553. The van der Waals surface area contributed by atoms with Gasteiger partial charge in [-0.1, -0.05) is 11.6 Å². The van der Waals surface area contributed by atoms with Crippen LogP contribution in [0.5, 0.6) is 0 Å². The predicted octanol–water partition coefficient (Wildman–Crippen LogP) is 0.232. The molecule has 0 aliphatic heterocycles. The fourth-order valence-corrected chi connectivity index (χ4v) is 0.787. The van der Waals surface area contributed by atoms with Gasteiger partial charge in [-0.2, -0.15) is 0 Å². The van der Waals surface area contributed by atoms with Crippen LogP contribution in [0.25, 0.3) is 0 Å². The molecule has 0 saturated carbocycles. The Morgan fingerprint density at radius 3 is 2.67 bits per heavy atom. The molecule has 0 aliphatic carbocycles. The highest BCUT2D eigenvalue weighted by atomic mass is 35.5. The van der Waals surface area contributed by atoms with Crippen LogP contribution in [-0.4, -0.2) is 17.8 Å². The first-order valence-electron chi connectivity index (χ1n) is 2.45. The summed E-state index contributed by atoms with van der Waals surface area (Å²) in [5.41, 5.74) is 0.410. The maximum Gasteiger partial charge on any atom is 0.141 e. The van der Waals surface area contributed by atoms with Crippen molar-refractivity contribution < 1.29 is 0 Å². The second-order valence-corrected chi connectivity index (χ2v) is 2.05. The van der Waals surface area contributed by atoms with Crippen LogP contribution < -0.4 is 5.59 Å². The van der Waals surface area contributed by atoms with E-state index in [1.165, 1.54) is 6.07 Å². The monoisotopic (exact) mass is 138 g/mol. The van der Waals surface area contributed by atoms with Gasteiger partial charge < -0.3 is 0 Å². The van der Waals surface area contributed by atoms with Crippen LogP contribution in [0.1, 0.15) is 5.82 Å². The van der Waals surface area contributed by atoms with Gasteiger partial charge in [-0.15, -0.1) is 0 Å². The van der Waals surface area contributed by atoms with Gasteiger partial charge in [-0.05, 0) is 18.6 Å². The van der Waals surface area contributed by atoms with E-state index < -0.39 is 0 Å². The summed E-state index contributed by atoms with van der Waals surface area (Å²) in [6.45, 7) is 1.74. The first-order chi connectivity index (χ1) is 4.18. The summed E-state index contributed by atoms with van der Waals surface area (Å²) in [5, 5.41) is 0.389. The lowest BCUT2D eigenvalue weighted by Crippen LogP contribution is -2.10.